The highest BCUT2D eigenvalue weighted by molar-refractivity contribution is 7.99. The quantitative estimate of drug-likeness (QED) is 0.682. The molecule has 2 saturated heterocycles. The number of nitrogens with one attached hydrogen (secondary N) is 2. The number of hydrogen-bond acceptors (Lipinski definition) is 3. The molecular formula is C12H25N3O2S. The topological polar surface area (TPSA) is 84.2 Å². The van der Waals surface area contributed by atoms with Gasteiger partial charge in [0.15, 0.2) is 0 Å². The molecular weight excluding hydrogens is 250 g/mol. The van der Waals surface area contributed by atoms with Crippen LogP contribution in [0, 0.1) is 0 Å². The van der Waals surface area contributed by atoms with Crippen molar-refractivity contribution in [1.29, 1.82) is 0 Å². The summed E-state index contributed by atoms with van der Waals surface area (Å²) in [7, 11) is 0. The molecule has 18 heavy (non-hydrogen) atoms. The molecule has 0 aliphatic carbocycles. The van der Waals surface area contributed by atoms with Crippen LogP contribution in [-0.4, -0.2) is 35.5 Å². The lowest BCUT2D eigenvalue weighted by Crippen LogP contribution is -2.31. The Morgan fingerprint density at radius 1 is 1.33 bits per heavy atom. The number of unbranched alkanes of at least 4 members (excludes halogenated alkanes) is 1. The van der Waals surface area contributed by atoms with Crippen LogP contribution in [0.25, 0.3) is 0 Å². The number of thioether (sulfide) groups is 1. The van der Waals surface area contributed by atoms with E-state index in [1.165, 1.54) is 0 Å². The molecule has 2 aliphatic rings. The van der Waals surface area contributed by atoms with E-state index in [1.54, 1.807) is 0 Å². The molecule has 106 valence electrons. The first-order valence-corrected chi connectivity index (χ1v) is 7.72. The van der Waals surface area contributed by atoms with Gasteiger partial charge in [0.1, 0.15) is 0 Å². The Bertz CT molecular complexity index is 248. The standard InChI is InChI=1S/C5H8N2OS.C5H11NO.C2H6/c8-5-6-3-1-9-2-4(3)7-5;1-2-3-4-5(6)7;1-2/h3-4H,1-2H2,(H2,6,7,8);2-4H2,1H3,(H2,6,7);1-2H3. The minimum atomic E-state index is -0.193. The predicted molar refractivity (Wildman–Crippen MR) is 76.6 cm³/mol. The van der Waals surface area contributed by atoms with Crippen LogP contribution < -0.4 is 16.4 Å². The van der Waals surface area contributed by atoms with Gasteiger partial charge in [-0.3, -0.25) is 4.79 Å². The normalized spacial score (nSPS) is 23.6. The fourth-order valence-corrected chi connectivity index (χ4v) is 2.84. The Balaban J connectivity index is 0.000000292. The molecule has 0 aromatic rings. The van der Waals surface area contributed by atoms with Gasteiger partial charge in [-0.05, 0) is 6.42 Å². The summed E-state index contributed by atoms with van der Waals surface area (Å²) in [4.78, 5) is 20.6. The number of nitrogens with two attached hydrogens (primary N) is 1. The van der Waals surface area contributed by atoms with E-state index >= 15 is 0 Å². The minimum Gasteiger partial charge on any atom is -0.370 e. The largest absolute Gasteiger partial charge is 0.370 e. The lowest BCUT2D eigenvalue weighted by atomic mass is 10.2. The highest BCUT2D eigenvalue weighted by Gasteiger charge is 2.35. The van der Waals surface area contributed by atoms with E-state index in [4.69, 9.17) is 5.73 Å². The van der Waals surface area contributed by atoms with Gasteiger partial charge in [0.25, 0.3) is 0 Å². The Morgan fingerprint density at radius 3 is 2.17 bits per heavy atom. The molecule has 6 heteroatoms. The lowest BCUT2D eigenvalue weighted by molar-refractivity contribution is -0.118. The fourth-order valence-electron chi connectivity index (χ4n) is 1.57. The van der Waals surface area contributed by atoms with Crippen LogP contribution >= 0.6 is 11.8 Å². The molecule has 5 nitrogen and oxygen atoms in total. The third kappa shape index (κ3) is 6.74. The summed E-state index contributed by atoms with van der Waals surface area (Å²) in [5.41, 5.74) is 4.84. The van der Waals surface area contributed by atoms with E-state index in [0.717, 1.165) is 24.3 Å². The first kappa shape index (κ1) is 17.1. The van der Waals surface area contributed by atoms with Crippen molar-refractivity contribution in [2.24, 2.45) is 5.73 Å². The van der Waals surface area contributed by atoms with E-state index in [9.17, 15) is 9.59 Å². The van der Waals surface area contributed by atoms with Gasteiger partial charge in [-0.2, -0.15) is 11.8 Å². The van der Waals surface area contributed by atoms with Crippen LogP contribution in [0.5, 0.6) is 0 Å². The number of amides is 3. The summed E-state index contributed by atoms with van der Waals surface area (Å²) in [5, 5.41) is 5.69. The maximum Gasteiger partial charge on any atom is 0.315 e. The number of urea groups is 1. The zero-order valence-electron chi connectivity index (χ0n) is 11.5. The average molecular weight is 275 g/mol. The molecule has 2 aliphatic heterocycles. The first-order chi connectivity index (χ1) is 8.63. The molecule has 2 unspecified atom stereocenters. The van der Waals surface area contributed by atoms with Crippen molar-refractivity contribution < 1.29 is 9.59 Å². The van der Waals surface area contributed by atoms with Crippen molar-refractivity contribution in [2.75, 3.05) is 11.5 Å². The second-order valence-corrected chi connectivity index (χ2v) is 5.01. The second-order valence-electron chi connectivity index (χ2n) is 3.94. The third-order valence-corrected chi connectivity index (χ3v) is 3.68. The van der Waals surface area contributed by atoms with Gasteiger partial charge in [0, 0.05) is 17.9 Å². The SMILES string of the molecule is CC.CCCCC(N)=O.O=C1NC2CSCC2N1. The van der Waals surface area contributed by atoms with Crippen LogP contribution in [0.15, 0.2) is 0 Å². The molecule has 2 rings (SSSR count). The first-order valence-electron chi connectivity index (χ1n) is 6.56. The van der Waals surface area contributed by atoms with Crippen molar-refractivity contribution in [2.45, 2.75) is 52.1 Å². The van der Waals surface area contributed by atoms with Crippen LogP contribution in [0.4, 0.5) is 4.79 Å². The summed E-state index contributed by atoms with van der Waals surface area (Å²) < 4.78 is 0. The lowest BCUT2D eigenvalue weighted by Gasteiger charge is -2.02. The van der Waals surface area contributed by atoms with Gasteiger partial charge in [-0.1, -0.05) is 27.2 Å². The molecule has 0 radical (unpaired) electrons. The molecule has 0 aromatic carbocycles. The van der Waals surface area contributed by atoms with Gasteiger partial charge in [0.2, 0.25) is 5.91 Å². The fraction of sp³-hybridized carbons (Fsp3) is 0.833. The second kappa shape index (κ2) is 10.1. The highest BCUT2D eigenvalue weighted by atomic mass is 32.2. The summed E-state index contributed by atoms with van der Waals surface area (Å²) in [6.45, 7) is 6.03. The van der Waals surface area contributed by atoms with Crippen LogP contribution in [0.3, 0.4) is 0 Å². The molecule has 0 spiro atoms. The maximum absolute atomic E-state index is 10.6. The Kier molecular flexibility index (Phi) is 9.55. The summed E-state index contributed by atoms with van der Waals surface area (Å²) >= 11 is 1.89. The van der Waals surface area contributed by atoms with Crippen LogP contribution in [0.2, 0.25) is 0 Å². The van der Waals surface area contributed by atoms with Crippen molar-refractivity contribution >= 4 is 23.7 Å². The number of hydrogen-bond donors (Lipinski definition) is 3. The third-order valence-electron chi connectivity index (χ3n) is 2.49. The van der Waals surface area contributed by atoms with Crippen LogP contribution in [-0.2, 0) is 4.79 Å². The zero-order chi connectivity index (χ0) is 14.0. The number of primary amides is 1. The number of rotatable bonds is 3. The zero-order valence-corrected chi connectivity index (χ0v) is 12.3. The molecule has 2 atom stereocenters. The molecule has 0 bridgehead atoms. The molecule has 4 N–H and O–H groups in total. The smallest absolute Gasteiger partial charge is 0.315 e. The molecule has 2 fully saturated rings. The van der Waals surface area contributed by atoms with Crippen molar-refractivity contribution in [3.05, 3.63) is 0 Å². The minimum absolute atomic E-state index is 0.00491. The molecule has 0 saturated carbocycles. The highest BCUT2D eigenvalue weighted by Crippen LogP contribution is 2.20. The van der Waals surface area contributed by atoms with E-state index < -0.39 is 0 Å². The Morgan fingerprint density at radius 2 is 1.83 bits per heavy atom. The maximum atomic E-state index is 10.6. The van der Waals surface area contributed by atoms with E-state index in [0.29, 0.717) is 18.5 Å². The summed E-state index contributed by atoms with van der Waals surface area (Å²) in [6, 6.07) is 0.815. The monoisotopic (exact) mass is 275 g/mol. The average Bonchev–Trinajstić information content (AvgIpc) is 2.90. The Labute approximate surface area is 114 Å². The Hall–Kier alpha value is -0.910. The van der Waals surface area contributed by atoms with Crippen molar-refractivity contribution in [1.82, 2.24) is 10.6 Å². The van der Waals surface area contributed by atoms with E-state index in [2.05, 4.69) is 10.6 Å². The predicted octanol–water partition coefficient (Wildman–Crippen LogP) is 1.47. The van der Waals surface area contributed by atoms with Gasteiger partial charge in [-0.25, -0.2) is 4.79 Å². The van der Waals surface area contributed by atoms with Gasteiger partial charge in [0.05, 0.1) is 12.1 Å². The van der Waals surface area contributed by atoms with Crippen molar-refractivity contribution in [3.63, 3.8) is 0 Å². The van der Waals surface area contributed by atoms with Gasteiger partial charge >= 0.3 is 6.03 Å². The summed E-state index contributed by atoms with van der Waals surface area (Å²) in [5.74, 6) is 1.95. The van der Waals surface area contributed by atoms with Crippen LogP contribution in [0.1, 0.15) is 40.0 Å². The van der Waals surface area contributed by atoms with Gasteiger partial charge in [-0.15, -0.1) is 0 Å². The van der Waals surface area contributed by atoms with E-state index in [1.807, 2.05) is 32.5 Å². The number of carbonyl (C=O) groups excluding carboxylic acids is 2. The number of carbonyl (C=O) groups is 2. The molecule has 2 heterocycles. The summed E-state index contributed by atoms with van der Waals surface area (Å²) in [6.07, 6.45) is 2.51. The van der Waals surface area contributed by atoms with Crippen molar-refractivity contribution in [3.8, 4) is 0 Å². The molecule has 3 amide bonds. The molecule has 0 aromatic heterocycles. The number of fused-ring (bicyclic) bond motifs is 1. The van der Waals surface area contributed by atoms with E-state index in [-0.39, 0.29) is 11.9 Å². The van der Waals surface area contributed by atoms with Gasteiger partial charge < -0.3 is 16.4 Å².